The molecular weight excluding hydrogens is 321 g/mol. The van der Waals surface area contributed by atoms with Crippen LogP contribution in [0.25, 0.3) is 28.0 Å². The number of nitrogens with one attached hydrogen (secondary N) is 1. The first-order valence-corrected chi connectivity index (χ1v) is 7.96. The van der Waals surface area contributed by atoms with Gasteiger partial charge in [0.15, 0.2) is 5.82 Å². The van der Waals surface area contributed by atoms with Crippen LogP contribution in [0.2, 0.25) is 0 Å². The van der Waals surface area contributed by atoms with Gasteiger partial charge in [-0.1, -0.05) is 0 Å². The van der Waals surface area contributed by atoms with Crippen molar-refractivity contribution in [1.82, 2.24) is 24.7 Å². The lowest BCUT2D eigenvalue weighted by Crippen LogP contribution is -1.97. The summed E-state index contributed by atoms with van der Waals surface area (Å²) in [5, 5.41) is 5.10. The molecule has 0 saturated heterocycles. The number of ether oxygens (including phenoxy) is 1. The lowest BCUT2D eigenvalue weighted by molar-refractivity contribution is 0.290. The SMILES string of the molecule is FCCCOc1ccc2[nH]c(-c3ccc(-n4cncn4)nc3)cc2c1. The minimum absolute atomic E-state index is 0.367. The molecule has 1 N–H and O–H groups in total. The maximum Gasteiger partial charge on any atom is 0.155 e. The van der Waals surface area contributed by atoms with E-state index >= 15 is 0 Å². The van der Waals surface area contributed by atoms with Gasteiger partial charge in [-0.2, -0.15) is 5.10 Å². The normalized spacial score (nSPS) is 11.1. The molecule has 0 amide bonds. The number of halogens is 1. The number of rotatable bonds is 6. The fourth-order valence-corrected chi connectivity index (χ4v) is 2.61. The first-order valence-electron chi connectivity index (χ1n) is 7.96. The van der Waals surface area contributed by atoms with E-state index in [0.29, 0.717) is 18.8 Å². The number of alkyl halides is 1. The molecule has 0 saturated carbocycles. The predicted molar refractivity (Wildman–Crippen MR) is 92.5 cm³/mol. The van der Waals surface area contributed by atoms with Gasteiger partial charge in [0.1, 0.15) is 18.4 Å². The van der Waals surface area contributed by atoms with Crippen molar-refractivity contribution in [2.75, 3.05) is 13.3 Å². The molecule has 0 aliphatic heterocycles. The van der Waals surface area contributed by atoms with Crippen LogP contribution < -0.4 is 4.74 Å². The van der Waals surface area contributed by atoms with Crippen LogP contribution in [-0.4, -0.2) is 38.0 Å². The zero-order valence-electron chi connectivity index (χ0n) is 13.4. The Morgan fingerprint density at radius 2 is 2.12 bits per heavy atom. The highest BCUT2D eigenvalue weighted by Crippen LogP contribution is 2.27. The molecule has 7 heteroatoms. The van der Waals surface area contributed by atoms with E-state index in [1.54, 1.807) is 17.2 Å². The summed E-state index contributed by atoms with van der Waals surface area (Å²) in [5.41, 5.74) is 2.95. The molecule has 0 aliphatic carbocycles. The predicted octanol–water partition coefficient (Wildman–Crippen LogP) is 3.55. The fourth-order valence-electron chi connectivity index (χ4n) is 2.61. The summed E-state index contributed by atoms with van der Waals surface area (Å²) in [7, 11) is 0. The highest BCUT2D eigenvalue weighted by atomic mass is 19.1. The Labute approximate surface area is 143 Å². The van der Waals surface area contributed by atoms with E-state index < -0.39 is 0 Å². The summed E-state index contributed by atoms with van der Waals surface area (Å²) < 4.78 is 19.3. The molecule has 4 aromatic rings. The van der Waals surface area contributed by atoms with Gasteiger partial charge in [-0.05, 0) is 36.4 Å². The zero-order valence-corrected chi connectivity index (χ0v) is 13.4. The van der Waals surface area contributed by atoms with Gasteiger partial charge in [-0.3, -0.25) is 4.39 Å². The number of fused-ring (bicyclic) bond motifs is 1. The molecule has 0 bridgehead atoms. The number of aromatic nitrogens is 5. The average molecular weight is 337 g/mol. The second kappa shape index (κ2) is 6.72. The number of hydrogen-bond donors (Lipinski definition) is 1. The standard InChI is InChI=1S/C18H16FN5O/c19-6-1-7-25-15-3-4-16-14(8-15)9-17(23-16)13-2-5-18(21-10-13)24-12-20-11-22-24/h2-5,8-12,23H,1,6-7H2. The largest absolute Gasteiger partial charge is 0.493 e. The van der Waals surface area contributed by atoms with Gasteiger partial charge in [-0.15, -0.1) is 0 Å². The Kier molecular flexibility index (Phi) is 4.12. The molecule has 0 unspecified atom stereocenters. The molecule has 126 valence electrons. The van der Waals surface area contributed by atoms with Gasteiger partial charge in [0.2, 0.25) is 0 Å². The van der Waals surface area contributed by atoms with Gasteiger partial charge in [-0.25, -0.2) is 14.6 Å². The number of H-pyrrole nitrogens is 1. The van der Waals surface area contributed by atoms with Crippen LogP contribution in [0.5, 0.6) is 5.75 Å². The molecule has 0 spiro atoms. The Morgan fingerprint density at radius 1 is 1.16 bits per heavy atom. The fraction of sp³-hybridized carbons (Fsp3) is 0.167. The average Bonchev–Trinajstić information content (AvgIpc) is 3.31. The maximum atomic E-state index is 12.2. The summed E-state index contributed by atoms with van der Waals surface area (Å²) in [6.45, 7) is 0.0150. The third-order valence-electron chi connectivity index (χ3n) is 3.85. The van der Waals surface area contributed by atoms with E-state index in [1.165, 1.54) is 6.33 Å². The Bertz CT molecular complexity index is 963. The summed E-state index contributed by atoms with van der Waals surface area (Å²) in [6.07, 6.45) is 5.27. The Morgan fingerprint density at radius 3 is 2.88 bits per heavy atom. The van der Waals surface area contributed by atoms with Crippen LogP contribution >= 0.6 is 0 Å². The summed E-state index contributed by atoms with van der Waals surface area (Å²) >= 11 is 0. The van der Waals surface area contributed by atoms with E-state index in [0.717, 1.165) is 27.9 Å². The quantitative estimate of drug-likeness (QED) is 0.546. The van der Waals surface area contributed by atoms with E-state index in [4.69, 9.17) is 4.74 Å². The highest BCUT2D eigenvalue weighted by molar-refractivity contribution is 5.86. The van der Waals surface area contributed by atoms with Crippen molar-refractivity contribution >= 4 is 10.9 Å². The van der Waals surface area contributed by atoms with Gasteiger partial charge >= 0.3 is 0 Å². The van der Waals surface area contributed by atoms with E-state index in [1.807, 2.05) is 36.4 Å². The van der Waals surface area contributed by atoms with Crippen molar-refractivity contribution in [2.24, 2.45) is 0 Å². The van der Waals surface area contributed by atoms with Crippen molar-refractivity contribution < 1.29 is 9.13 Å². The lowest BCUT2D eigenvalue weighted by atomic mass is 10.2. The lowest BCUT2D eigenvalue weighted by Gasteiger charge is -2.04. The minimum Gasteiger partial charge on any atom is -0.493 e. The van der Waals surface area contributed by atoms with Crippen LogP contribution in [0.1, 0.15) is 6.42 Å². The van der Waals surface area contributed by atoms with Crippen LogP contribution in [0.15, 0.2) is 55.2 Å². The van der Waals surface area contributed by atoms with E-state index in [-0.39, 0.29) is 6.67 Å². The van der Waals surface area contributed by atoms with Crippen molar-refractivity contribution in [1.29, 1.82) is 0 Å². The number of benzene rings is 1. The first-order chi connectivity index (χ1) is 12.3. The molecule has 0 radical (unpaired) electrons. The number of aromatic amines is 1. The highest BCUT2D eigenvalue weighted by Gasteiger charge is 2.06. The van der Waals surface area contributed by atoms with Gasteiger partial charge in [0, 0.05) is 34.8 Å². The zero-order chi connectivity index (χ0) is 17.1. The van der Waals surface area contributed by atoms with Crippen LogP contribution in [0, 0.1) is 0 Å². The number of pyridine rings is 1. The molecule has 0 aliphatic rings. The van der Waals surface area contributed by atoms with Crippen molar-refractivity contribution in [2.45, 2.75) is 6.42 Å². The third-order valence-corrected chi connectivity index (χ3v) is 3.85. The van der Waals surface area contributed by atoms with Crippen LogP contribution in [0.3, 0.4) is 0 Å². The number of hydrogen-bond acceptors (Lipinski definition) is 4. The minimum atomic E-state index is -0.367. The second-order valence-corrected chi connectivity index (χ2v) is 5.57. The molecule has 4 rings (SSSR count). The monoisotopic (exact) mass is 337 g/mol. The van der Waals surface area contributed by atoms with Crippen LogP contribution in [0.4, 0.5) is 4.39 Å². The van der Waals surface area contributed by atoms with Crippen LogP contribution in [-0.2, 0) is 0 Å². The molecule has 3 heterocycles. The summed E-state index contributed by atoms with van der Waals surface area (Å²) in [4.78, 5) is 11.7. The summed E-state index contributed by atoms with van der Waals surface area (Å²) in [6, 6.07) is 11.7. The molecule has 0 fully saturated rings. The molecule has 0 atom stereocenters. The van der Waals surface area contributed by atoms with E-state index in [2.05, 4.69) is 20.1 Å². The molecule has 6 nitrogen and oxygen atoms in total. The summed E-state index contributed by atoms with van der Waals surface area (Å²) in [5.74, 6) is 1.45. The molecular formula is C18H16FN5O. The molecule has 1 aromatic carbocycles. The van der Waals surface area contributed by atoms with Gasteiger partial charge < -0.3 is 9.72 Å². The smallest absolute Gasteiger partial charge is 0.155 e. The molecule has 25 heavy (non-hydrogen) atoms. The van der Waals surface area contributed by atoms with Crippen molar-refractivity contribution in [3.05, 3.63) is 55.2 Å². The third kappa shape index (κ3) is 3.21. The van der Waals surface area contributed by atoms with Gasteiger partial charge in [0.25, 0.3) is 0 Å². The van der Waals surface area contributed by atoms with Crippen molar-refractivity contribution in [3.8, 4) is 22.8 Å². The number of nitrogens with zero attached hydrogens (tertiary/aromatic N) is 4. The van der Waals surface area contributed by atoms with Gasteiger partial charge in [0.05, 0.1) is 13.3 Å². The van der Waals surface area contributed by atoms with Crippen molar-refractivity contribution in [3.63, 3.8) is 0 Å². The topological polar surface area (TPSA) is 68.6 Å². The second-order valence-electron chi connectivity index (χ2n) is 5.57. The molecule has 3 aromatic heterocycles. The Balaban J connectivity index is 1.58. The van der Waals surface area contributed by atoms with E-state index in [9.17, 15) is 4.39 Å². The Hall–Kier alpha value is -3.22. The maximum absolute atomic E-state index is 12.2. The first kappa shape index (κ1) is 15.3.